The van der Waals surface area contributed by atoms with Crippen LogP contribution in [0.15, 0.2) is 47.4 Å². The molecule has 0 unspecified atom stereocenters. The number of rotatable bonds is 6. The predicted octanol–water partition coefficient (Wildman–Crippen LogP) is 3.33. The first-order valence-corrected chi connectivity index (χ1v) is 11.2. The molecule has 1 aliphatic heterocycles. The molecule has 2 aromatic carbocycles. The van der Waals surface area contributed by atoms with Crippen LogP contribution in [0.5, 0.6) is 0 Å². The van der Waals surface area contributed by atoms with Crippen molar-refractivity contribution in [2.75, 3.05) is 25.0 Å². The molecule has 1 amide bonds. The van der Waals surface area contributed by atoms with Crippen molar-refractivity contribution < 1.29 is 31.5 Å². The van der Waals surface area contributed by atoms with Gasteiger partial charge >= 0.3 is 5.97 Å². The number of halogens is 2. The van der Waals surface area contributed by atoms with Gasteiger partial charge in [-0.2, -0.15) is 4.31 Å². The van der Waals surface area contributed by atoms with E-state index in [9.17, 15) is 26.8 Å². The molecule has 0 atom stereocenters. The second-order valence-electron chi connectivity index (χ2n) is 7.09. The number of anilines is 1. The number of amides is 1. The van der Waals surface area contributed by atoms with E-state index in [2.05, 4.69) is 5.32 Å². The minimum atomic E-state index is -3.75. The van der Waals surface area contributed by atoms with Crippen LogP contribution in [0.1, 0.15) is 36.0 Å². The van der Waals surface area contributed by atoms with Crippen molar-refractivity contribution in [3.05, 3.63) is 59.7 Å². The van der Waals surface area contributed by atoms with Crippen LogP contribution in [0.25, 0.3) is 0 Å². The van der Waals surface area contributed by atoms with Crippen LogP contribution >= 0.6 is 0 Å². The van der Waals surface area contributed by atoms with E-state index in [4.69, 9.17) is 4.74 Å². The zero-order valence-corrected chi connectivity index (χ0v) is 17.5. The summed E-state index contributed by atoms with van der Waals surface area (Å²) in [6.45, 7) is 0.0968. The smallest absolute Gasteiger partial charge is 0.338 e. The highest BCUT2D eigenvalue weighted by molar-refractivity contribution is 7.89. The first-order chi connectivity index (χ1) is 14.8. The van der Waals surface area contributed by atoms with Gasteiger partial charge in [0.05, 0.1) is 16.1 Å². The van der Waals surface area contributed by atoms with E-state index in [1.807, 2.05) is 0 Å². The fraction of sp³-hybridized carbons (Fsp3) is 0.333. The van der Waals surface area contributed by atoms with Gasteiger partial charge in [-0.1, -0.05) is 18.9 Å². The SMILES string of the molecule is O=C(COC(=O)c1cccc(S(=O)(=O)N2CCCCCC2)c1)Nc1cc(F)ccc1F. The average Bonchev–Trinajstić information content (AvgIpc) is 3.05. The van der Waals surface area contributed by atoms with Gasteiger partial charge in [0, 0.05) is 19.2 Å². The maximum absolute atomic E-state index is 13.6. The molecule has 0 bridgehead atoms. The van der Waals surface area contributed by atoms with E-state index in [0.717, 1.165) is 43.9 Å². The molecular formula is C21H22F2N2O5S. The van der Waals surface area contributed by atoms with Crippen molar-refractivity contribution in [1.82, 2.24) is 4.31 Å². The lowest BCUT2D eigenvalue weighted by atomic mass is 10.2. The van der Waals surface area contributed by atoms with Crippen molar-refractivity contribution in [3.63, 3.8) is 0 Å². The van der Waals surface area contributed by atoms with Crippen LogP contribution < -0.4 is 5.32 Å². The molecular weight excluding hydrogens is 430 g/mol. The molecule has 1 heterocycles. The topological polar surface area (TPSA) is 92.8 Å². The van der Waals surface area contributed by atoms with Crippen LogP contribution in [0.3, 0.4) is 0 Å². The Hall–Kier alpha value is -2.85. The lowest BCUT2D eigenvalue weighted by Crippen LogP contribution is -2.32. The third-order valence-corrected chi connectivity index (χ3v) is 6.70. The zero-order valence-electron chi connectivity index (χ0n) is 16.6. The fourth-order valence-corrected chi connectivity index (χ4v) is 4.77. The molecule has 166 valence electrons. The minimum absolute atomic E-state index is 0.0323. The Bertz CT molecular complexity index is 1070. The quantitative estimate of drug-likeness (QED) is 0.679. The van der Waals surface area contributed by atoms with E-state index >= 15 is 0 Å². The lowest BCUT2D eigenvalue weighted by Gasteiger charge is -2.20. The van der Waals surface area contributed by atoms with Gasteiger partial charge < -0.3 is 10.1 Å². The number of hydrogen-bond donors (Lipinski definition) is 1. The largest absolute Gasteiger partial charge is 0.452 e. The summed E-state index contributed by atoms with van der Waals surface area (Å²) < 4.78 is 58.8. The fourth-order valence-electron chi connectivity index (χ4n) is 3.21. The highest BCUT2D eigenvalue weighted by Crippen LogP contribution is 2.21. The summed E-state index contributed by atoms with van der Waals surface area (Å²) in [5, 5.41) is 2.11. The first-order valence-electron chi connectivity index (χ1n) is 9.79. The van der Waals surface area contributed by atoms with Crippen molar-refractivity contribution >= 4 is 27.6 Å². The molecule has 3 rings (SSSR count). The van der Waals surface area contributed by atoms with Gasteiger partial charge in [-0.25, -0.2) is 22.0 Å². The Morgan fingerprint density at radius 3 is 2.42 bits per heavy atom. The molecule has 0 radical (unpaired) electrons. The van der Waals surface area contributed by atoms with Crippen LogP contribution in [0, 0.1) is 11.6 Å². The average molecular weight is 452 g/mol. The van der Waals surface area contributed by atoms with Crippen LogP contribution in [-0.4, -0.2) is 44.3 Å². The van der Waals surface area contributed by atoms with Crippen molar-refractivity contribution in [3.8, 4) is 0 Å². The van der Waals surface area contributed by atoms with Gasteiger partial charge in [-0.3, -0.25) is 4.79 Å². The Morgan fingerprint density at radius 1 is 1.00 bits per heavy atom. The molecule has 7 nitrogen and oxygen atoms in total. The zero-order chi connectivity index (χ0) is 22.4. The number of sulfonamides is 1. The highest BCUT2D eigenvalue weighted by atomic mass is 32.2. The Kier molecular flexibility index (Phi) is 7.34. The van der Waals surface area contributed by atoms with Gasteiger partial charge in [0.15, 0.2) is 6.61 Å². The summed E-state index contributed by atoms with van der Waals surface area (Å²) in [7, 11) is -3.75. The number of nitrogens with zero attached hydrogens (tertiary/aromatic N) is 1. The molecule has 10 heteroatoms. The van der Waals surface area contributed by atoms with Gasteiger partial charge in [0.2, 0.25) is 10.0 Å². The standard InChI is InChI=1S/C21H22F2N2O5S/c22-16-8-9-18(23)19(13-16)24-20(26)14-30-21(27)15-6-5-7-17(12-15)31(28,29)25-10-3-1-2-4-11-25/h5-9,12-13H,1-4,10-11,14H2,(H,24,26). The van der Waals surface area contributed by atoms with Crippen LogP contribution in [0.2, 0.25) is 0 Å². The number of carbonyl (C=O) groups is 2. The molecule has 1 fully saturated rings. The van der Waals surface area contributed by atoms with Crippen LogP contribution in [-0.2, 0) is 19.6 Å². The first kappa shape index (κ1) is 22.8. The molecule has 1 saturated heterocycles. The molecule has 0 saturated carbocycles. The van der Waals surface area contributed by atoms with Crippen LogP contribution in [0.4, 0.5) is 14.5 Å². The number of benzene rings is 2. The summed E-state index contributed by atoms with van der Waals surface area (Å²) in [6.07, 6.45) is 3.50. The van der Waals surface area contributed by atoms with Gasteiger partial charge in [0.1, 0.15) is 11.6 Å². The molecule has 1 aliphatic rings. The summed E-state index contributed by atoms with van der Waals surface area (Å²) >= 11 is 0. The number of hydrogen-bond acceptors (Lipinski definition) is 5. The number of nitrogens with one attached hydrogen (secondary N) is 1. The maximum Gasteiger partial charge on any atom is 0.338 e. The van der Waals surface area contributed by atoms with E-state index < -0.39 is 40.1 Å². The van der Waals surface area contributed by atoms with Gasteiger partial charge in [0.25, 0.3) is 5.91 Å². The Balaban J connectivity index is 1.64. The molecule has 0 spiro atoms. The summed E-state index contributed by atoms with van der Waals surface area (Å²) in [5.74, 6) is -3.36. The normalized spacial score (nSPS) is 15.2. The summed E-state index contributed by atoms with van der Waals surface area (Å²) in [5.41, 5.74) is -0.424. The van der Waals surface area contributed by atoms with E-state index in [1.54, 1.807) is 0 Å². The van der Waals surface area contributed by atoms with Crippen molar-refractivity contribution in [2.24, 2.45) is 0 Å². The van der Waals surface area contributed by atoms with Crippen molar-refractivity contribution in [1.29, 1.82) is 0 Å². The van der Waals surface area contributed by atoms with Crippen molar-refractivity contribution in [2.45, 2.75) is 30.6 Å². The third-order valence-electron chi connectivity index (χ3n) is 4.81. The molecule has 1 N–H and O–H groups in total. The number of ether oxygens (including phenoxy) is 1. The predicted molar refractivity (Wildman–Crippen MR) is 109 cm³/mol. The monoisotopic (exact) mass is 452 g/mol. The minimum Gasteiger partial charge on any atom is -0.452 e. The molecule has 0 aromatic heterocycles. The third kappa shape index (κ3) is 5.86. The van der Waals surface area contributed by atoms with E-state index in [-0.39, 0.29) is 16.1 Å². The molecule has 31 heavy (non-hydrogen) atoms. The lowest BCUT2D eigenvalue weighted by molar-refractivity contribution is -0.119. The van der Waals surface area contributed by atoms with E-state index in [1.165, 1.54) is 28.6 Å². The Labute approximate surface area is 179 Å². The molecule has 0 aliphatic carbocycles. The second kappa shape index (κ2) is 9.97. The van der Waals surface area contributed by atoms with Gasteiger partial charge in [-0.05, 0) is 43.2 Å². The maximum atomic E-state index is 13.6. The summed E-state index contributed by atoms with van der Waals surface area (Å²) in [6, 6.07) is 7.94. The van der Waals surface area contributed by atoms with E-state index in [0.29, 0.717) is 13.1 Å². The second-order valence-corrected chi connectivity index (χ2v) is 9.03. The Morgan fingerprint density at radius 2 is 1.71 bits per heavy atom. The highest BCUT2D eigenvalue weighted by Gasteiger charge is 2.26. The number of carbonyl (C=O) groups excluding carboxylic acids is 2. The number of esters is 1. The molecule has 2 aromatic rings. The van der Waals surface area contributed by atoms with Gasteiger partial charge in [-0.15, -0.1) is 0 Å². The summed E-state index contributed by atoms with van der Waals surface area (Å²) in [4.78, 5) is 24.2.